The highest BCUT2D eigenvalue weighted by molar-refractivity contribution is 5.83. The average Bonchev–Trinajstić information content (AvgIpc) is 3.32. The summed E-state index contributed by atoms with van der Waals surface area (Å²) in [5.41, 5.74) is 4.98. The van der Waals surface area contributed by atoms with Gasteiger partial charge in [0.15, 0.2) is 0 Å². The number of nitrogens with one attached hydrogen (secondary N) is 2. The molecule has 0 unspecified atom stereocenters. The first-order valence-electron chi connectivity index (χ1n) is 11.1. The van der Waals surface area contributed by atoms with Gasteiger partial charge in [0.1, 0.15) is 18.2 Å². The van der Waals surface area contributed by atoms with Crippen molar-refractivity contribution < 1.29 is 4.74 Å². The molecule has 0 fully saturated rings. The van der Waals surface area contributed by atoms with Crippen molar-refractivity contribution in [2.24, 2.45) is 0 Å². The van der Waals surface area contributed by atoms with Crippen molar-refractivity contribution in [3.8, 4) is 17.1 Å². The van der Waals surface area contributed by atoms with Crippen molar-refractivity contribution >= 4 is 22.5 Å². The maximum atomic E-state index is 5.85. The second-order valence-electron chi connectivity index (χ2n) is 8.39. The summed E-state index contributed by atoms with van der Waals surface area (Å²) >= 11 is 0. The second kappa shape index (κ2) is 9.72. The maximum absolute atomic E-state index is 5.85. The van der Waals surface area contributed by atoms with E-state index in [9.17, 15) is 0 Å². The van der Waals surface area contributed by atoms with Crippen LogP contribution in [0, 0.1) is 0 Å². The van der Waals surface area contributed by atoms with Gasteiger partial charge in [-0.05, 0) is 62.1 Å². The number of aromatic nitrogens is 4. The molecule has 0 aliphatic carbocycles. The molecule has 0 saturated heterocycles. The van der Waals surface area contributed by atoms with E-state index in [1.54, 1.807) is 0 Å². The van der Waals surface area contributed by atoms with Crippen molar-refractivity contribution in [1.29, 1.82) is 0 Å². The van der Waals surface area contributed by atoms with Crippen LogP contribution in [-0.2, 0) is 13.2 Å². The van der Waals surface area contributed by atoms with E-state index >= 15 is 0 Å². The molecule has 5 aromatic rings. The van der Waals surface area contributed by atoms with Gasteiger partial charge in [0.2, 0.25) is 5.95 Å². The van der Waals surface area contributed by atoms with Crippen LogP contribution >= 0.6 is 0 Å². The fourth-order valence-corrected chi connectivity index (χ4v) is 3.67. The molecular weight excluding hydrogens is 424 g/mol. The third-order valence-electron chi connectivity index (χ3n) is 5.33. The summed E-state index contributed by atoms with van der Waals surface area (Å²) in [6, 6.07) is 24.0. The average molecular weight is 451 g/mol. The minimum absolute atomic E-state index is 0.540. The molecule has 0 aliphatic heterocycles. The van der Waals surface area contributed by atoms with Crippen LogP contribution < -0.4 is 10.1 Å². The van der Waals surface area contributed by atoms with Crippen LogP contribution in [0.15, 0.2) is 85.2 Å². The van der Waals surface area contributed by atoms with E-state index in [1.165, 1.54) is 0 Å². The van der Waals surface area contributed by atoms with Gasteiger partial charge in [-0.1, -0.05) is 30.3 Å². The van der Waals surface area contributed by atoms with Crippen LogP contribution in [0.3, 0.4) is 0 Å². The van der Waals surface area contributed by atoms with Gasteiger partial charge in [-0.25, -0.2) is 15.0 Å². The van der Waals surface area contributed by atoms with Crippen LogP contribution in [0.25, 0.3) is 22.3 Å². The molecule has 170 valence electrons. The lowest BCUT2D eigenvalue weighted by Crippen LogP contribution is -2.10. The van der Waals surface area contributed by atoms with Gasteiger partial charge in [0.05, 0.1) is 5.52 Å². The summed E-state index contributed by atoms with van der Waals surface area (Å²) in [6.07, 6.45) is 3.70. The molecule has 34 heavy (non-hydrogen) atoms. The van der Waals surface area contributed by atoms with Crippen molar-refractivity contribution in [3.05, 3.63) is 96.4 Å². The minimum Gasteiger partial charge on any atom is -0.489 e. The Morgan fingerprint density at radius 2 is 1.74 bits per heavy atom. The van der Waals surface area contributed by atoms with Crippen LogP contribution in [0.2, 0.25) is 0 Å². The molecule has 0 aliphatic rings. The second-order valence-corrected chi connectivity index (χ2v) is 8.39. The smallest absolute Gasteiger partial charge is 0.227 e. The van der Waals surface area contributed by atoms with Gasteiger partial charge in [-0.3, -0.25) is 0 Å². The number of H-pyrrole nitrogens is 1. The molecule has 5 rings (SSSR count). The Labute approximate surface area is 198 Å². The van der Waals surface area contributed by atoms with Gasteiger partial charge >= 0.3 is 0 Å². The number of fused-ring (bicyclic) bond motifs is 1. The molecule has 3 aromatic carbocycles. The molecule has 7 heteroatoms. The molecule has 0 bridgehead atoms. The first kappa shape index (κ1) is 21.6. The summed E-state index contributed by atoms with van der Waals surface area (Å²) in [7, 11) is 4.07. The number of rotatable bonds is 8. The summed E-state index contributed by atoms with van der Waals surface area (Å²) in [5.74, 6) is 2.20. The topological polar surface area (TPSA) is 79.0 Å². The number of anilines is 2. The zero-order valence-electron chi connectivity index (χ0n) is 19.2. The van der Waals surface area contributed by atoms with Crippen LogP contribution in [0.4, 0.5) is 11.6 Å². The number of benzene rings is 3. The Balaban J connectivity index is 1.25. The molecule has 0 spiro atoms. The summed E-state index contributed by atoms with van der Waals surface area (Å²) < 4.78 is 5.85. The lowest BCUT2D eigenvalue weighted by atomic mass is 10.1. The number of hydrogen-bond acceptors (Lipinski definition) is 6. The number of hydrogen-bond donors (Lipinski definition) is 2. The van der Waals surface area contributed by atoms with Gasteiger partial charge in [-0.15, -0.1) is 0 Å². The Bertz CT molecular complexity index is 1380. The van der Waals surface area contributed by atoms with Crippen LogP contribution in [0.1, 0.15) is 11.3 Å². The SMILES string of the molecule is CN(C)Cc1cnc(-c2ccc3nc(Nc4ccc(OCc5ccccc5)cc4)ncc3c2)[nH]1. The predicted molar refractivity (Wildman–Crippen MR) is 135 cm³/mol. The summed E-state index contributed by atoms with van der Waals surface area (Å²) in [4.78, 5) is 19.1. The quantitative estimate of drug-likeness (QED) is 0.329. The highest BCUT2D eigenvalue weighted by Gasteiger charge is 2.08. The summed E-state index contributed by atoms with van der Waals surface area (Å²) in [5, 5.41) is 4.22. The van der Waals surface area contributed by atoms with Gasteiger partial charge in [0, 0.05) is 41.3 Å². The first-order valence-corrected chi connectivity index (χ1v) is 11.1. The molecular formula is C27H26N6O. The zero-order valence-corrected chi connectivity index (χ0v) is 19.2. The molecule has 2 N–H and O–H groups in total. The van der Waals surface area contributed by atoms with Crippen molar-refractivity contribution in [3.63, 3.8) is 0 Å². The monoisotopic (exact) mass is 450 g/mol. The summed E-state index contributed by atoms with van der Waals surface area (Å²) in [6.45, 7) is 1.36. The number of ether oxygens (including phenoxy) is 1. The molecule has 7 nitrogen and oxygen atoms in total. The first-order chi connectivity index (χ1) is 16.6. The fourth-order valence-electron chi connectivity index (χ4n) is 3.67. The fraction of sp³-hybridized carbons (Fsp3) is 0.148. The van der Waals surface area contributed by atoms with Crippen LogP contribution in [0.5, 0.6) is 5.75 Å². The minimum atomic E-state index is 0.540. The van der Waals surface area contributed by atoms with Gasteiger partial charge in [-0.2, -0.15) is 0 Å². The normalized spacial score (nSPS) is 11.1. The van der Waals surface area contributed by atoms with E-state index in [2.05, 4.69) is 36.2 Å². The largest absolute Gasteiger partial charge is 0.489 e. The highest BCUT2D eigenvalue weighted by atomic mass is 16.5. The molecule has 0 radical (unpaired) electrons. The van der Waals surface area contributed by atoms with Crippen molar-refractivity contribution in [2.75, 3.05) is 19.4 Å². The molecule has 2 heterocycles. The zero-order chi connectivity index (χ0) is 23.3. The van der Waals surface area contributed by atoms with Crippen molar-refractivity contribution in [1.82, 2.24) is 24.8 Å². The lowest BCUT2D eigenvalue weighted by molar-refractivity contribution is 0.306. The standard InChI is InChI=1S/C27H26N6O/c1-33(2)17-23-16-28-26(30-23)20-8-13-25-21(14-20)15-29-27(32-25)31-22-9-11-24(12-10-22)34-18-19-6-4-3-5-7-19/h3-16H,17-18H2,1-2H3,(H,28,30)(H,29,31,32). The third kappa shape index (κ3) is 5.22. The molecule has 0 amide bonds. The maximum Gasteiger partial charge on any atom is 0.227 e. The van der Waals surface area contributed by atoms with E-state index in [0.717, 1.165) is 51.5 Å². The molecule has 2 aromatic heterocycles. The predicted octanol–water partition coefficient (Wildman–Crippen LogP) is 5.40. The van der Waals surface area contributed by atoms with E-state index in [-0.39, 0.29) is 0 Å². The van der Waals surface area contributed by atoms with E-state index in [0.29, 0.717) is 12.6 Å². The van der Waals surface area contributed by atoms with E-state index < -0.39 is 0 Å². The Hall–Kier alpha value is -4.23. The van der Waals surface area contributed by atoms with E-state index in [1.807, 2.05) is 93.2 Å². The Morgan fingerprint density at radius 3 is 2.53 bits per heavy atom. The van der Waals surface area contributed by atoms with Crippen LogP contribution in [-0.4, -0.2) is 38.9 Å². The molecule has 0 saturated carbocycles. The number of aromatic amines is 1. The number of nitrogens with zero attached hydrogens (tertiary/aromatic N) is 4. The van der Waals surface area contributed by atoms with Gasteiger partial charge in [0.25, 0.3) is 0 Å². The Kier molecular flexibility index (Phi) is 6.18. The van der Waals surface area contributed by atoms with E-state index in [4.69, 9.17) is 4.74 Å². The Morgan fingerprint density at radius 1 is 0.912 bits per heavy atom. The highest BCUT2D eigenvalue weighted by Crippen LogP contribution is 2.24. The third-order valence-corrected chi connectivity index (χ3v) is 5.33. The lowest BCUT2D eigenvalue weighted by Gasteiger charge is -2.09. The van der Waals surface area contributed by atoms with Crippen molar-refractivity contribution in [2.45, 2.75) is 13.2 Å². The number of imidazole rings is 1. The molecule has 0 atom stereocenters. The van der Waals surface area contributed by atoms with Gasteiger partial charge < -0.3 is 19.9 Å².